The maximum atomic E-state index is 12.0. The number of nitrogens with two attached hydrogens (primary N) is 1. The molecule has 17 heavy (non-hydrogen) atoms. The van der Waals surface area contributed by atoms with Crippen LogP contribution in [-0.2, 0) is 4.74 Å². The van der Waals surface area contributed by atoms with Gasteiger partial charge in [-0.2, -0.15) is 0 Å². The Hall–Kier alpha value is -1.69. The minimum atomic E-state index is -0.0907. The highest BCUT2D eigenvalue weighted by molar-refractivity contribution is 5.92. The van der Waals surface area contributed by atoms with Gasteiger partial charge in [-0.25, -0.2) is 0 Å². The summed E-state index contributed by atoms with van der Waals surface area (Å²) in [4.78, 5) is 13.8. The summed E-state index contributed by atoms with van der Waals surface area (Å²) in [5.74, 6) is 0.228. The Morgan fingerprint density at radius 1 is 1.41 bits per heavy atom. The molecule has 1 aliphatic rings. The summed E-state index contributed by atoms with van der Waals surface area (Å²) in [6, 6.07) is 3.19. The second-order valence-corrected chi connectivity index (χ2v) is 4.07. The Balaban J connectivity index is 1.99. The van der Waals surface area contributed by atoms with E-state index in [1.54, 1.807) is 24.1 Å². The van der Waals surface area contributed by atoms with Crippen LogP contribution >= 0.6 is 0 Å². The zero-order valence-corrected chi connectivity index (χ0v) is 9.80. The number of anilines is 1. The molecule has 0 unspecified atom stereocenters. The molecule has 1 aliphatic heterocycles. The molecule has 0 aliphatic carbocycles. The Bertz CT molecular complexity index is 385. The minimum absolute atomic E-state index is 0.0907. The first-order valence-electron chi connectivity index (χ1n) is 5.62. The first-order chi connectivity index (χ1) is 8.20. The molecule has 6 nitrogen and oxygen atoms in total. The second kappa shape index (κ2) is 5.09. The van der Waals surface area contributed by atoms with E-state index in [0.29, 0.717) is 24.6 Å². The van der Waals surface area contributed by atoms with Crippen LogP contribution in [0, 0.1) is 0 Å². The number of nitrogen functional groups attached to an aromatic ring is 1. The molecule has 0 aromatic carbocycles. The van der Waals surface area contributed by atoms with Gasteiger partial charge in [0.15, 0.2) is 5.69 Å². The Morgan fingerprint density at radius 3 is 2.65 bits per heavy atom. The van der Waals surface area contributed by atoms with Crippen LogP contribution in [0.1, 0.15) is 23.3 Å². The predicted molar refractivity (Wildman–Crippen MR) is 62.4 cm³/mol. The van der Waals surface area contributed by atoms with Crippen molar-refractivity contribution in [3.8, 4) is 0 Å². The summed E-state index contributed by atoms with van der Waals surface area (Å²) in [6.45, 7) is 1.40. The quantitative estimate of drug-likeness (QED) is 0.799. The van der Waals surface area contributed by atoms with Crippen molar-refractivity contribution in [2.24, 2.45) is 0 Å². The van der Waals surface area contributed by atoms with Crippen LogP contribution in [0.25, 0.3) is 0 Å². The van der Waals surface area contributed by atoms with Gasteiger partial charge in [0, 0.05) is 20.2 Å². The molecule has 0 saturated carbocycles. The van der Waals surface area contributed by atoms with Crippen LogP contribution in [0.5, 0.6) is 0 Å². The van der Waals surface area contributed by atoms with Crippen molar-refractivity contribution in [1.82, 2.24) is 15.1 Å². The maximum absolute atomic E-state index is 12.0. The van der Waals surface area contributed by atoms with E-state index in [4.69, 9.17) is 10.5 Å². The number of aromatic nitrogens is 2. The van der Waals surface area contributed by atoms with Gasteiger partial charge in [-0.05, 0) is 25.0 Å². The fourth-order valence-corrected chi connectivity index (χ4v) is 1.91. The molecule has 1 amide bonds. The van der Waals surface area contributed by atoms with E-state index in [0.717, 1.165) is 12.8 Å². The fraction of sp³-hybridized carbons (Fsp3) is 0.545. The molecular formula is C11H16N4O2. The largest absolute Gasteiger partial charge is 0.382 e. The van der Waals surface area contributed by atoms with Crippen LogP contribution in [0.3, 0.4) is 0 Å². The first kappa shape index (κ1) is 11.8. The lowest BCUT2D eigenvalue weighted by atomic mass is 10.1. The van der Waals surface area contributed by atoms with Gasteiger partial charge in [-0.1, -0.05) is 0 Å². The average Bonchev–Trinajstić information content (AvgIpc) is 2.39. The number of amides is 1. The topological polar surface area (TPSA) is 81.3 Å². The van der Waals surface area contributed by atoms with Gasteiger partial charge >= 0.3 is 0 Å². The van der Waals surface area contributed by atoms with Crippen molar-refractivity contribution in [2.75, 3.05) is 25.9 Å². The monoisotopic (exact) mass is 236 g/mol. The van der Waals surface area contributed by atoms with Crippen molar-refractivity contribution in [2.45, 2.75) is 18.9 Å². The molecule has 2 heterocycles. The first-order valence-corrected chi connectivity index (χ1v) is 5.62. The molecule has 1 fully saturated rings. The Labute approximate surface area is 99.8 Å². The number of hydrogen-bond acceptors (Lipinski definition) is 5. The van der Waals surface area contributed by atoms with E-state index in [1.807, 2.05) is 0 Å². The molecule has 1 aromatic heterocycles. The summed E-state index contributed by atoms with van der Waals surface area (Å²) in [6.07, 6.45) is 1.99. The summed E-state index contributed by atoms with van der Waals surface area (Å²) < 4.78 is 5.26. The number of methoxy groups -OCH3 is 1. The highest BCUT2D eigenvalue weighted by Crippen LogP contribution is 2.14. The molecule has 0 spiro atoms. The number of nitrogens with zero attached hydrogens (tertiary/aromatic N) is 3. The molecule has 6 heteroatoms. The number of likely N-dealkylation sites (tertiary alicyclic amines) is 1. The van der Waals surface area contributed by atoms with Crippen LogP contribution < -0.4 is 5.73 Å². The molecular weight excluding hydrogens is 220 g/mol. The van der Waals surface area contributed by atoms with Crippen LogP contribution in [0.2, 0.25) is 0 Å². The van der Waals surface area contributed by atoms with E-state index in [-0.39, 0.29) is 12.0 Å². The SMILES string of the molecule is COC1CCN(C(=O)c2ccc(N)nn2)CC1. The summed E-state index contributed by atoms with van der Waals surface area (Å²) >= 11 is 0. The van der Waals surface area contributed by atoms with Gasteiger partial charge in [-0.15, -0.1) is 10.2 Å². The van der Waals surface area contributed by atoms with Crippen molar-refractivity contribution in [3.05, 3.63) is 17.8 Å². The maximum Gasteiger partial charge on any atom is 0.274 e. The molecule has 2 N–H and O–H groups in total. The third-order valence-corrected chi connectivity index (χ3v) is 2.97. The normalized spacial score (nSPS) is 17.1. The zero-order valence-electron chi connectivity index (χ0n) is 9.80. The van der Waals surface area contributed by atoms with Gasteiger partial charge in [-0.3, -0.25) is 4.79 Å². The second-order valence-electron chi connectivity index (χ2n) is 4.07. The van der Waals surface area contributed by atoms with E-state index >= 15 is 0 Å². The lowest BCUT2D eigenvalue weighted by Crippen LogP contribution is -2.41. The fourth-order valence-electron chi connectivity index (χ4n) is 1.91. The number of carbonyl (C=O) groups excluding carboxylic acids is 1. The van der Waals surface area contributed by atoms with Crippen LogP contribution in [-0.4, -0.2) is 47.3 Å². The number of rotatable bonds is 2. The molecule has 1 aromatic rings. The number of ether oxygens (including phenoxy) is 1. The Morgan fingerprint density at radius 2 is 2.12 bits per heavy atom. The van der Waals surface area contributed by atoms with Gasteiger partial charge in [0.2, 0.25) is 0 Å². The molecule has 92 valence electrons. The van der Waals surface area contributed by atoms with Gasteiger partial charge in [0.05, 0.1) is 6.10 Å². The predicted octanol–water partition coefficient (Wildman–Crippen LogP) is 0.310. The minimum Gasteiger partial charge on any atom is -0.382 e. The molecule has 0 radical (unpaired) electrons. The van der Waals surface area contributed by atoms with Gasteiger partial charge in [0.1, 0.15) is 5.82 Å². The van der Waals surface area contributed by atoms with Crippen molar-refractivity contribution in [3.63, 3.8) is 0 Å². The van der Waals surface area contributed by atoms with E-state index < -0.39 is 0 Å². The molecule has 2 rings (SSSR count). The zero-order chi connectivity index (χ0) is 12.3. The third kappa shape index (κ3) is 2.71. The summed E-state index contributed by atoms with van der Waals surface area (Å²) in [5.41, 5.74) is 5.77. The molecule has 1 saturated heterocycles. The lowest BCUT2D eigenvalue weighted by molar-refractivity contribution is 0.0347. The van der Waals surface area contributed by atoms with Crippen LogP contribution in [0.15, 0.2) is 12.1 Å². The highest BCUT2D eigenvalue weighted by atomic mass is 16.5. The van der Waals surface area contributed by atoms with Gasteiger partial charge in [0.25, 0.3) is 5.91 Å². The van der Waals surface area contributed by atoms with Gasteiger partial charge < -0.3 is 15.4 Å². The number of carbonyl (C=O) groups is 1. The summed E-state index contributed by atoms with van der Waals surface area (Å²) in [5, 5.41) is 7.48. The highest BCUT2D eigenvalue weighted by Gasteiger charge is 2.24. The third-order valence-electron chi connectivity index (χ3n) is 2.97. The van der Waals surface area contributed by atoms with Crippen molar-refractivity contribution >= 4 is 11.7 Å². The van der Waals surface area contributed by atoms with Crippen LogP contribution in [0.4, 0.5) is 5.82 Å². The number of hydrogen-bond donors (Lipinski definition) is 1. The van der Waals surface area contributed by atoms with E-state index in [2.05, 4.69) is 10.2 Å². The smallest absolute Gasteiger partial charge is 0.274 e. The Kier molecular flexibility index (Phi) is 3.53. The standard InChI is InChI=1S/C11H16N4O2/c1-17-8-4-6-15(7-5-8)11(16)9-2-3-10(12)14-13-9/h2-3,8H,4-7H2,1H3,(H2,12,14). The summed E-state index contributed by atoms with van der Waals surface area (Å²) in [7, 11) is 1.70. The van der Waals surface area contributed by atoms with Crippen molar-refractivity contribution in [1.29, 1.82) is 0 Å². The molecule has 0 atom stereocenters. The average molecular weight is 236 g/mol. The number of piperidine rings is 1. The molecule has 0 bridgehead atoms. The van der Waals surface area contributed by atoms with E-state index in [9.17, 15) is 4.79 Å². The van der Waals surface area contributed by atoms with Crippen molar-refractivity contribution < 1.29 is 9.53 Å². The lowest BCUT2D eigenvalue weighted by Gasteiger charge is -2.30. The van der Waals surface area contributed by atoms with E-state index in [1.165, 1.54) is 0 Å².